The summed E-state index contributed by atoms with van der Waals surface area (Å²) in [5.74, 6) is 6.33. The van der Waals surface area contributed by atoms with Crippen LogP contribution in [0.1, 0.15) is 34.0 Å². The molecule has 0 bridgehead atoms. The van der Waals surface area contributed by atoms with Crippen LogP contribution in [0, 0.1) is 18.8 Å². The van der Waals surface area contributed by atoms with Crippen molar-refractivity contribution < 1.29 is 4.79 Å². The van der Waals surface area contributed by atoms with E-state index in [1.54, 1.807) is 6.92 Å². The fraction of sp³-hybridized carbons (Fsp3) is 0.118. The van der Waals surface area contributed by atoms with Crippen molar-refractivity contribution in [1.82, 2.24) is 0 Å². The maximum Gasteiger partial charge on any atom is 0.159 e. The molecule has 0 spiro atoms. The van der Waals surface area contributed by atoms with Crippen molar-refractivity contribution in [3.63, 3.8) is 0 Å². The lowest BCUT2D eigenvalue weighted by molar-refractivity contribution is 0.101. The zero-order valence-electron chi connectivity index (χ0n) is 10.5. The first-order chi connectivity index (χ1) is 8.66. The van der Waals surface area contributed by atoms with Crippen LogP contribution in [0.4, 0.5) is 0 Å². The summed E-state index contributed by atoms with van der Waals surface area (Å²) in [7, 11) is 0. The SMILES string of the molecule is CC(=O)c1ccc(C#Cc2ccccc2C)cc1. The van der Waals surface area contributed by atoms with Crippen LogP contribution in [-0.4, -0.2) is 5.78 Å². The third-order valence-electron chi connectivity index (χ3n) is 2.78. The summed E-state index contributed by atoms with van der Waals surface area (Å²) in [5, 5.41) is 0. The number of hydrogen-bond acceptors (Lipinski definition) is 1. The van der Waals surface area contributed by atoms with E-state index in [9.17, 15) is 4.79 Å². The van der Waals surface area contributed by atoms with Crippen molar-refractivity contribution in [2.75, 3.05) is 0 Å². The molecule has 2 rings (SSSR count). The standard InChI is InChI=1S/C17H14O/c1-13-5-3-4-6-16(13)10-7-15-8-11-17(12-9-15)14(2)18/h3-6,8-9,11-12H,1-2H3. The van der Waals surface area contributed by atoms with Crippen LogP contribution in [0.5, 0.6) is 0 Å². The maximum atomic E-state index is 11.1. The van der Waals surface area contributed by atoms with Gasteiger partial charge in [0.15, 0.2) is 5.78 Å². The van der Waals surface area contributed by atoms with Gasteiger partial charge in [-0.3, -0.25) is 4.79 Å². The molecule has 0 N–H and O–H groups in total. The van der Waals surface area contributed by atoms with Crippen LogP contribution in [0.15, 0.2) is 48.5 Å². The van der Waals surface area contributed by atoms with Crippen LogP contribution >= 0.6 is 0 Å². The Morgan fingerprint density at radius 2 is 1.61 bits per heavy atom. The summed E-state index contributed by atoms with van der Waals surface area (Å²) >= 11 is 0. The zero-order valence-corrected chi connectivity index (χ0v) is 10.5. The molecule has 0 aliphatic rings. The van der Waals surface area contributed by atoms with Crippen molar-refractivity contribution in [3.05, 3.63) is 70.8 Å². The summed E-state index contributed by atoms with van der Waals surface area (Å²) < 4.78 is 0. The molecule has 18 heavy (non-hydrogen) atoms. The molecule has 1 heteroatoms. The van der Waals surface area contributed by atoms with Crippen LogP contribution in [0.25, 0.3) is 0 Å². The van der Waals surface area contributed by atoms with E-state index in [-0.39, 0.29) is 5.78 Å². The Kier molecular flexibility index (Phi) is 3.60. The molecule has 0 saturated heterocycles. The first-order valence-electron chi connectivity index (χ1n) is 5.85. The van der Waals surface area contributed by atoms with Crippen LogP contribution in [0.2, 0.25) is 0 Å². The van der Waals surface area contributed by atoms with Gasteiger partial charge in [0.1, 0.15) is 0 Å². The Labute approximate surface area is 107 Å². The first kappa shape index (κ1) is 12.1. The molecule has 0 radical (unpaired) electrons. The molecule has 0 unspecified atom stereocenters. The lowest BCUT2D eigenvalue weighted by atomic mass is 10.1. The lowest BCUT2D eigenvalue weighted by Crippen LogP contribution is -1.90. The molecular weight excluding hydrogens is 220 g/mol. The number of aryl methyl sites for hydroxylation is 1. The Hall–Kier alpha value is -2.33. The van der Waals surface area contributed by atoms with Gasteiger partial charge in [-0.25, -0.2) is 0 Å². The van der Waals surface area contributed by atoms with Crippen molar-refractivity contribution in [3.8, 4) is 11.8 Å². The number of benzene rings is 2. The second-order valence-corrected chi connectivity index (χ2v) is 4.20. The van der Waals surface area contributed by atoms with E-state index in [0.29, 0.717) is 0 Å². The molecule has 0 amide bonds. The highest BCUT2D eigenvalue weighted by Crippen LogP contribution is 2.07. The first-order valence-corrected chi connectivity index (χ1v) is 5.85. The van der Waals surface area contributed by atoms with Crippen molar-refractivity contribution in [1.29, 1.82) is 0 Å². The van der Waals surface area contributed by atoms with Gasteiger partial charge in [-0.15, -0.1) is 0 Å². The van der Waals surface area contributed by atoms with Gasteiger partial charge in [0, 0.05) is 16.7 Å². The molecule has 0 aliphatic carbocycles. The summed E-state index contributed by atoms with van der Waals surface area (Å²) in [6.45, 7) is 3.61. The second-order valence-electron chi connectivity index (χ2n) is 4.20. The van der Waals surface area contributed by atoms with Crippen molar-refractivity contribution in [2.24, 2.45) is 0 Å². The van der Waals surface area contributed by atoms with Crippen molar-refractivity contribution in [2.45, 2.75) is 13.8 Å². The number of ketones is 1. The number of rotatable bonds is 1. The monoisotopic (exact) mass is 234 g/mol. The zero-order chi connectivity index (χ0) is 13.0. The quantitative estimate of drug-likeness (QED) is 0.544. The average Bonchev–Trinajstić information content (AvgIpc) is 2.38. The van der Waals surface area contributed by atoms with E-state index in [2.05, 4.69) is 11.8 Å². The van der Waals surface area contributed by atoms with Crippen molar-refractivity contribution >= 4 is 5.78 Å². The fourth-order valence-electron chi connectivity index (χ4n) is 1.64. The Morgan fingerprint density at radius 1 is 0.944 bits per heavy atom. The Bertz CT molecular complexity index is 625. The number of Topliss-reactive ketones (excluding diaryl/α,β-unsaturated/α-hetero) is 1. The van der Waals surface area contributed by atoms with E-state index in [1.165, 1.54) is 5.56 Å². The van der Waals surface area contributed by atoms with Gasteiger partial charge in [-0.2, -0.15) is 0 Å². The minimum Gasteiger partial charge on any atom is -0.295 e. The van der Waals surface area contributed by atoms with Gasteiger partial charge in [0.05, 0.1) is 0 Å². The lowest BCUT2D eigenvalue weighted by Gasteiger charge is -1.96. The van der Waals surface area contributed by atoms with E-state index in [0.717, 1.165) is 16.7 Å². The molecule has 0 aromatic heterocycles. The minimum atomic E-state index is 0.0772. The molecule has 0 atom stereocenters. The molecule has 88 valence electrons. The molecule has 0 aliphatic heterocycles. The summed E-state index contributed by atoms with van der Waals surface area (Å²) in [5.41, 5.74) is 3.85. The summed E-state index contributed by atoms with van der Waals surface area (Å²) in [4.78, 5) is 11.1. The molecule has 0 heterocycles. The fourth-order valence-corrected chi connectivity index (χ4v) is 1.64. The van der Waals surface area contributed by atoms with Gasteiger partial charge >= 0.3 is 0 Å². The van der Waals surface area contributed by atoms with E-state index in [1.807, 2.05) is 55.5 Å². The molecular formula is C17H14O. The van der Waals surface area contributed by atoms with Gasteiger partial charge in [0.2, 0.25) is 0 Å². The number of carbonyl (C=O) groups excluding carboxylic acids is 1. The Morgan fingerprint density at radius 3 is 2.22 bits per heavy atom. The van der Waals surface area contributed by atoms with Crippen LogP contribution in [-0.2, 0) is 0 Å². The topological polar surface area (TPSA) is 17.1 Å². The smallest absolute Gasteiger partial charge is 0.159 e. The maximum absolute atomic E-state index is 11.1. The van der Waals surface area contributed by atoms with Gasteiger partial charge in [0.25, 0.3) is 0 Å². The van der Waals surface area contributed by atoms with Gasteiger partial charge in [-0.05, 0) is 37.6 Å². The number of carbonyl (C=O) groups is 1. The largest absolute Gasteiger partial charge is 0.295 e. The molecule has 2 aromatic rings. The van der Waals surface area contributed by atoms with Gasteiger partial charge < -0.3 is 0 Å². The Balaban J connectivity index is 2.25. The molecule has 1 nitrogen and oxygen atoms in total. The highest BCUT2D eigenvalue weighted by atomic mass is 16.1. The number of hydrogen-bond donors (Lipinski definition) is 0. The molecule has 2 aromatic carbocycles. The third kappa shape index (κ3) is 2.87. The summed E-state index contributed by atoms with van der Waals surface area (Å²) in [6.07, 6.45) is 0. The predicted molar refractivity (Wildman–Crippen MR) is 73.6 cm³/mol. The highest BCUT2D eigenvalue weighted by molar-refractivity contribution is 5.94. The van der Waals surface area contributed by atoms with Crippen LogP contribution < -0.4 is 0 Å². The van der Waals surface area contributed by atoms with E-state index < -0.39 is 0 Å². The molecule has 0 saturated carbocycles. The molecule has 0 fully saturated rings. The normalized spacial score (nSPS) is 9.44. The predicted octanol–water partition coefficient (Wildman–Crippen LogP) is 3.60. The van der Waals surface area contributed by atoms with Gasteiger partial charge in [-0.1, -0.05) is 42.2 Å². The minimum absolute atomic E-state index is 0.0772. The second kappa shape index (κ2) is 5.33. The summed E-state index contributed by atoms with van der Waals surface area (Å²) in [6, 6.07) is 15.4. The van der Waals surface area contributed by atoms with E-state index in [4.69, 9.17) is 0 Å². The van der Waals surface area contributed by atoms with E-state index >= 15 is 0 Å². The van der Waals surface area contributed by atoms with Crippen LogP contribution in [0.3, 0.4) is 0 Å². The third-order valence-corrected chi connectivity index (χ3v) is 2.78. The highest BCUT2D eigenvalue weighted by Gasteiger charge is 1.97. The average molecular weight is 234 g/mol.